The van der Waals surface area contributed by atoms with Gasteiger partial charge >= 0.3 is 11.9 Å². The Balaban J connectivity index is 1.95. The highest BCUT2D eigenvalue weighted by Gasteiger charge is 2.42. The third-order valence-corrected chi connectivity index (χ3v) is 23.3. The molecule has 150 heavy (non-hydrogen) atoms. The highest BCUT2D eigenvalue weighted by molar-refractivity contribution is 6.03. The topological polar surface area (TPSA) is 902 Å². The van der Waals surface area contributed by atoms with Gasteiger partial charge in [-0.1, -0.05) is 116 Å². The first-order chi connectivity index (χ1) is 70.4. The number of phenols is 2. The molecule has 0 bridgehead atoms. The van der Waals surface area contributed by atoms with E-state index in [0.29, 0.717) is 11.1 Å². The number of unbranched alkanes of at least 4 members (excludes halogenated alkanes) is 1. The molecule has 20 atom stereocenters. The van der Waals surface area contributed by atoms with E-state index >= 15 is 0 Å². The lowest BCUT2D eigenvalue weighted by atomic mass is 9.96. The Labute approximate surface area is 866 Å². The van der Waals surface area contributed by atoms with Crippen molar-refractivity contribution in [1.82, 2.24) is 95.7 Å². The van der Waals surface area contributed by atoms with Crippen LogP contribution in [0.4, 0.5) is 0 Å². The van der Waals surface area contributed by atoms with Gasteiger partial charge in [0, 0.05) is 25.8 Å². The Morgan fingerprint density at radius 3 is 1.20 bits per heavy atom. The molecular weight excluding hydrogens is 1970 g/mol. The van der Waals surface area contributed by atoms with Crippen LogP contribution in [0.25, 0.3) is 0 Å². The lowest BCUT2D eigenvalue weighted by Gasteiger charge is -2.30. The van der Waals surface area contributed by atoms with Gasteiger partial charge in [-0.15, -0.1) is 0 Å². The number of aliphatic hydroxyl groups is 3. The Bertz CT molecular complexity index is 5110. The molecular formula is C96H149N25O29. The van der Waals surface area contributed by atoms with Crippen LogP contribution in [-0.2, 0) is 125 Å². The first-order valence-electron chi connectivity index (χ1n) is 48.9. The third-order valence-electron chi connectivity index (χ3n) is 23.3. The van der Waals surface area contributed by atoms with Crippen LogP contribution >= 0.6 is 0 Å². The highest BCUT2D eigenvalue weighted by Crippen LogP contribution is 2.19. The maximum atomic E-state index is 15.0. The van der Waals surface area contributed by atoms with E-state index in [2.05, 4.69) is 101 Å². The zero-order valence-corrected chi connectivity index (χ0v) is 86.0. The van der Waals surface area contributed by atoms with Crippen LogP contribution in [-0.4, -0.2) is 319 Å². The van der Waals surface area contributed by atoms with E-state index in [9.17, 15) is 141 Å². The summed E-state index contributed by atoms with van der Waals surface area (Å²) in [5.74, 6) is -27.7. The number of benzene rings is 3. The molecule has 3 aromatic carbocycles. The smallest absolute Gasteiger partial charge is 0.325 e. The number of nitrogens with one attached hydrogen (secondary N) is 18. The summed E-state index contributed by atoms with van der Waals surface area (Å²) in [5.41, 5.74) is 35.3. The molecule has 0 spiro atoms. The van der Waals surface area contributed by atoms with Crippen LogP contribution in [0.2, 0.25) is 0 Å². The number of aliphatic imine (C=N–C) groups is 1. The standard InChI is InChI=1S/C96H149N25O29/c1-13-49(8)76(120-79(133)51(10)106-85(139)68(42-74(130)131)111-78(132)50(9)105-80(134)59(98)38-55-24-28-57(125)29-25-55)93(147)115-66(39-54-20-15-14-16-21-54)89(143)121-77(53(12)124)94(148)116-67(41-72(100)128)88(142)118-70(45-123)91(145)113-65(40-56-26-30-58(126)31-27-56)87(141)110-61(23-19-35-103-96(101)102)82(136)109-60(22-17-18-34-97)84(138)119-75(48(6)7)92(146)114-63(36-46(2)3)81(135)104-43-73(129)108-62(32-33-71(99)127)83(137)112-64(37-47(4)5)86(140)117-69(44-122)90(144)107-52(11)95(149)150/h14-16,20-21,24-31,46-53,59-70,75-77,122-126H,13,17-19,22-23,32-45,97-98H2,1-12H3,(H2,99,127)(H2,100,128)(H,104,135)(H,105,134)(H,106,139)(H,107,144)(H,108,129)(H,109,136)(H,110,141)(H,111,132)(H,112,137)(H,113,145)(H,114,146)(H,115,147)(H,116,148)(H,117,140)(H,118,142)(H,119,138)(H,120,133)(H,121,143)(H,130,131)(H,149,150)(H4,101,102,103)/t49-,50-,51-,52-,53+,59-,60-,61-,62-,63-,64-,65-,66-,67-,68-,69-,70-,75-,76-,77-/m0/s1. The molecule has 20 amide bonds. The largest absolute Gasteiger partial charge is 0.508 e. The number of carbonyl (C=O) groups excluding carboxylic acids is 20. The molecule has 0 radical (unpaired) electrons. The number of carboxylic acid groups (broad SMARTS) is 2. The van der Waals surface area contributed by atoms with Gasteiger partial charge in [-0.25, -0.2) is 0 Å². The molecule has 832 valence electrons. The van der Waals surface area contributed by atoms with Crippen LogP contribution in [0.5, 0.6) is 11.5 Å². The molecule has 54 heteroatoms. The number of carbonyl (C=O) groups is 22. The SMILES string of the molecule is CC[C@H](C)[C@H](NC(=O)[C@H](C)NC(=O)[C@H](CC(=O)O)NC(=O)[C@H](C)NC(=O)[C@@H](N)Cc1ccc(O)cc1)C(=O)N[C@@H](Cc1ccccc1)C(=O)N[C@H](C(=O)N[C@@H](CC(N)=O)C(=O)N[C@@H](CO)C(=O)N[C@@H](Cc1ccc(O)cc1)C(=O)N[C@@H](CCCN=C(N)N)C(=O)N[C@@H](CCCCN)C(=O)N[C@H](C(=O)N[C@@H](CC(C)C)C(=O)NCC(=O)N[C@@H](CCC(N)=O)C(=O)N[C@@H](CC(C)C)C(=O)N[C@@H](CO)C(=O)N[C@@H](C)C(=O)O)C(C)C)[C@@H](C)O. The zero-order chi connectivity index (χ0) is 113. The highest BCUT2D eigenvalue weighted by atomic mass is 16.4. The number of hydrogen-bond acceptors (Lipinski definition) is 30. The summed E-state index contributed by atoms with van der Waals surface area (Å²) in [7, 11) is 0. The summed E-state index contributed by atoms with van der Waals surface area (Å²) < 4.78 is 0. The summed E-state index contributed by atoms with van der Waals surface area (Å²) in [4.78, 5) is 306. The molecule has 0 fully saturated rings. The second-order valence-electron chi connectivity index (χ2n) is 37.5. The lowest BCUT2D eigenvalue weighted by Crippen LogP contribution is -2.63. The molecule has 3 aromatic rings. The van der Waals surface area contributed by atoms with Gasteiger partial charge < -0.3 is 166 Å². The third kappa shape index (κ3) is 47.2. The number of primary amides is 2. The van der Waals surface area contributed by atoms with E-state index in [-0.39, 0.29) is 112 Å². The fourth-order valence-corrected chi connectivity index (χ4v) is 14.6. The van der Waals surface area contributed by atoms with Crippen molar-refractivity contribution in [2.75, 3.05) is 32.8 Å². The molecule has 3 rings (SSSR count). The number of guanidine groups is 1. The van der Waals surface area contributed by atoms with E-state index in [0.717, 1.165) is 20.8 Å². The number of nitrogens with two attached hydrogens (primary N) is 6. The van der Waals surface area contributed by atoms with E-state index in [1.807, 2.05) is 0 Å². The number of aliphatic carboxylic acids is 2. The van der Waals surface area contributed by atoms with E-state index < -0.39 is 309 Å². The van der Waals surface area contributed by atoms with Crippen molar-refractivity contribution in [3.8, 4) is 11.5 Å². The van der Waals surface area contributed by atoms with Gasteiger partial charge in [0.2, 0.25) is 118 Å². The minimum atomic E-state index is -2.13. The number of phenolic OH excluding ortho intramolecular Hbond substituents is 2. The minimum Gasteiger partial charge on any atom is -0.508 e. The molecule has 0 aliphatic rings. The van der Waals surface area contributed by atoms with Crippen molar-refractivity contribution in [2.24, 2.45) is 63.1 Å². The summed E-state index contributed by atoms with van der Waals surface area (Å²) in [5, 5.41) is 114. The van der Waals surface area contributed by atoms with Gasteiger partial charge in [-0.2, -0.15) is 0 Å². The number of hydrogen-bond donors (Lipinski definition) is 31. The van der Waals surface area contributed by atoms with Crippen molar-refractivity contribution in [1.29, 1.82) is 0 Å². The van der Waals surface area contributed by atoms with Gasteiger partial charge in [-0.3, -0.25) is 110 Å². The Hall–Kier alpha value is -15.3. The van der Waals surface area contributed by atoms with Crippen LogP contribution < -0.4 is 130 Å². The first kappa shape index (κ1) is 129. The molecule has 0 aliphatic heterocycles. The maximum Gasteiger partial charge on any atom is 0.325 e. The molecule has 0 heterocycles. The second-order valence-corrected chi connectivity index (χ2v) is 37.5. The van der Waals surface area contributed by atoms with Gasteiger partial charge in [0.1, 0.15) is 114 Å². The van der Waals surface area contributed by atoms with Crippen molar-refractivity contribution in [3.05, 3.63) is 95.6 Å². The van der Waals surface area contributed by atoms with Crippen molar-refractivity contribution < 1.29 is 141 Å². The summed E-state index contributed by atoms with van der Waals surface area (Å²) >= 11 is 0. The normalized spacial score (nSPS) is 15.1. The number of aromatic hydroxyl groups is 2. The fourth-order valence-electron chi connectivity index (χ4n) is 14.6. The average molecular weight is 2120 g/mol. The number of aliphatic hydroxyl groups excluding tert-OH is 3. The Kier molecular flexibility index (Phi) is 56.2. The van der Waals surface area contributed by atoms with Gasteiger partial charge in [0.15, 0.2) is 5.96 Å². The van der Waals surface area contributed by atoms with Crippen LogP contribution in [0.1, 0.15) is 177 Å². The fraction of sp³-hybridized carbons (Fsp3) is 0.573. The predicted molar refractivity (Wildman–Crippen MR) is 539 cm³/mol. The van der Waals surface area contributed by atoms with E-state index in [4.69, 9.17) is 34.4 Å². The minimum absolute atomic E-state index is 0.0113. The van der Waals surface area contributed by atoms with Crippen LogP contribution in [0.15, 0.2) is 83.9 Å². The lowest BCUT2D eigenvalue weighted by molar-refractivity contribution is -0.142. The van der Waals surface area contributed by atoms with Gasteiger partial charge in [0.25, 0.3) is 0 Å². The van der Waals surface area contributed by atoms with E-state index in [1.54, 1.807) is 65.0 Å². The number of rotatable bonds is 68. The molecule has 0 saturated carbocycles. The summed E-state index contributed by atoms with van der Waals surface area (Å²) in [6.07, 6.45) is -5.92. The Morgan fingerprint density at radius 1 is 0.353 bits per heavy atom. The number of nitrogens with zero attached hydrogens (tertiary/aromatic N) is 1. The summed E-state index contributed by atoms with van der Waals surface area (Å²) in [6.45, 7) is 14.3. The van der Waals surface area contributed by atoms with E-state index in [1.165, 1.54) is 76.2 Å². The zero-order valence-electron chi connectivity index (χ0n) is 86.0. The van der Waals surface area contributed by atoms with Crippen molar-refractivity contribution in [2.45, 2.75) is 294 Å². The molecule has 0 saturated heterocycles. The number of carboxylic acids is 2. The molecule has 0 aliphatic carbocycles. The molecule has 0 unspecified atom stereocenters. The monoisotopic (exact) mass is 2120 g/mol. The number of amides is 20. The quantitative estimate of drug-likeness (QED) is 0.0142. The van der Waals surface area contributed by atoms with Crippen LogP contribution in [0.3, 0.4) is 0 Å². The predicted octanol–water partition coefficient (Wildman–Crippen LogP) is -9.09. The second kappa shape index (κ2) is 65.4. The van der Waals surface area contributed by atoms with Gasteiger partial charge in [-0.05, 0) is 157 Å². The summed E-state index contributed by atoms with van der Waals surface area (Å²) in [6, 6.07) is -10.9. The first-order valence-corrected chi connectivity index (χ1v) is 48.9. The van der Waals surface area contributed by atoms with Crippen LogP contribution in [0, 0.1) is 23.7 Å². The molecule has 54 nitrogen and oxygen atoms in total. The van der Waals surface area contributed by atoms with Gasteiger partial charge in [0.05, 0.1) is 44.7 Å². The maximum absolute atomic E-state index is 15.0. The Morgan fingerprint density at radius 2 is 0.720 bits per heavy atom. The molecule has 37 N–H and O–H groups in total. The average Bonchev–Trinajstić information content (AvgIpc) is 0.841. The molecule has 0 aromatic heterocycles. The van der Waals surface area contributed by atoms with Crippen molar-refractivity contribution >= 4 is 136 Å². The van der Waals surface area contributed by atoms with Crippen molar-refractivity contribution in [3.63, 3.8) is 0 Å².